The highest BCUT2D eigenvalue weighted by atomic mass is 35.5. The van der Waals surface area contributed by atoms with Crippen LogP contribution in [0, 0.1) is 11.3 Å². The molecule has 3 saturated carbocycles. The van der Waals surface area contributed by atoms with Crippen LogP contribution in [0.15, 0.2) is 0 Å². The van der Waals surface area contributed by atoms with Gasteiger partial charge in [0.1, 0.15) is 0 Å². The molecule has 0 spiro atoms. The van der Waals surface area contributed by atoms with Gasteiger partial charge in [0.15, 0.2) is 0 Å². The molecular formula is C8H12ClN. The van der Waals surface area contributed by atoms with Crippen molar-refractivity contribution in [3.8, 4) is 0 Å². The number of nitrogens with one attached hydrogen (secondary N) is 1. The third-order valence-corrected chi connectivity index (χ3v) is 4.06. The molecule has 1 aliphatic heterocycles. The number of halogens is 1. The summed E-state index contributed by atoms with van der Waals surface area (Å²) in [6, 6.07) is 0. The van der Waals surface area contributed by atoms with Crippen LogP contribution in [0.5, 0.6) is 0 Å². The van der Waals surface area contributed by atoms with E-state index in [4.69, 9.17) is 11.6 Å². The van der Waals surface area contributed by atoms with Crippen molar-refractivity contribution in [1.29, 1.82) is 0 Å². The van der Waals surface area contributed by atoms with Gasteiger partial charge in [-0.25, -0.2) is 0 Å². The second kappa shape index (κ2) is 1.39. The summed E-state index contributed by atoms with van der Waals surface area (Å²) in [7, 11) is 0. The van der Waals surface area contributed by atoms with Crippen LogP contribution in [0.4, 0.5) is 0 Å². The molecule has 3 aliphatic carbocycles. The molecule has 2 heteroatoms. The van der Waals surface area contributed by atoms with Gasteiger partial charge in [0.25, 0.3) is 0 Å². The zero-order valence-electron chi connectivity index (χ0n) is 5.99. The van der Waals surface area contributed by atoms with Crippen molar-refractivity contribution in [3.05, 3.63) is 0 Å². The van der Waals surface area contributed by atoms with Crippen molar-refractivity contribution in [1.82, 2.24) is 5.32 Å². The lowest BCUT2D eigenvalue weighted by Crippen LogP contribution is -2.71. The summed E-state index contributed by atoms with van der Waals surface area (Å²) in [5.41, 5.74) is 0.729. The Labute approximate surface area is 66.1 Å². The van der Waals surface area contributed by atoms with Crippen LogP contribution < -0.4 is 5.32 Å². The summed E-state index contributed by atoms with van der Waals surface area (Å²) >= 11 is 6.16. The fourth-order valence-corrected chi connectivity index (χ4v) is 3.69. The fourth-order valence-electron chi connectivity index (χ4n) is 2.89. The molecule has 4 rings (SSSR count). The van der Waals surface area contributed by atoms with Crippen LogP contribution in [0.25, 0.3) is 0 Å². The molecule has 0 amide bonds. The molecule has 10 heavy (non-hydrogen) atoms. The highest BCUT2D eigenvalue weighted by Gasteiger charge is 2.70. The van der Waals surface area contributed by atoms with E-state index < -0.39 is 0 Å². The Morgan fingerprint density at radius 2 is 1.80 bits per heavy atom. The summed E-state index contributed by atoms with van der Waals surface area (Å²) < 4.78 is 0. The third-order valence-electron chi connectivity index (χ3n) is 3.65. The van der Waals surface area contributed by atoms with Crippen molar-refractivity contribution in [3.63, 3.8) is 0 Å². The first-order valence-corrected chi connectivity index (χ1v) is 4.50. The van der Waals surface area contributed by atoms with E-state index in [-0.39, 0.29) is 4.87 Å². The maximum atomic E-state index is 6.16. The highest BCUT2D eigenvalue weighted by Crippen LogP contribution is 2.74. The molecule has 4 aliphatic rings. The predicted molar refractivity (Wildman–Crippen MR) is 41.2 cm³/mol. The van der Waals surface area contributed by atoms with Crippen molar-refractivity contribution >= 4 is 11.6 Å². The second-order valence-corrected chi connectivity index (χ2v) is 5.20. The van der Waals surface area contributed by atoms with Gasteiger partial charge in [0, 0.05) is 4.87 Å². The molecule has 0 aromatic rings. The SMILES string of the molecule is ClC12CC(C3CNC3)(C1)C2. The van der Waals surface area contributed by atoms with Gasteiger partial charge in [-0.3, -0.25) is 0 Å². The summed E-state index contributed by atoms with van der Waals surface area (Å²) in [4.78, 5) is 0.287. The smallest absolute Gasteiger partial charge is 0.0463 e. The van der Waals surface area contributed by atoms with E-state index in [1.54, 1.807) is 0 Å². The first-order chi connectivity index (χ1) is 4.73. The topological polar surface area (TPSA) is 12.0 Å². The van der Waals surface area contributed by atoms with Crippen molar-refractivity contribution in [2.24, 2.45) is 11.3 Å². The average molecular weight is 158 g/mol. The van der Waals surface area contributed by atoms with Crippen LogP contribution in [-0.4, -0.2) is 18.0 Å². The van der Waals surface area contributed by atoms with Crippen molar-refractivity contribution in [2.45, 2.75) is 24.1 Å². The van der Waals surface area contributed by atoms with Crippen molar-refractivity contribution < 1.29 is 0 Å². The maximum absolute atomic E-state index is 6.16. The lowest BCUT2D eigenvalue weighted by Gasteiger charge is -2.72. The van der Waals surface area contributed by atoms with Gasteiger partial charge in [-0.15, -0.1) is 11.6 Å². The number of alkyl halides is 1. The first-order valence-electron chi connectivity index (χ1n) is 4.12. The van der Waals surface area contributed by atoms with Gasteiger partial charge < -0.3 is 5.32 Å². The minimum Gasteiger partial charge on any atom is -0.316 e. The normalized spacial score (nSPS) is 58.5. The Morgan fingerprint density at radius 3 is 2.10 bits per heavy atom. The summed E-state index contributed by atoms with van der Waals surface area (Å²) in [6.45, 7) is 2.51. The molecule has 0 unspecified atom stereocenters. The maximum Gasteiger partial charge on any atom is 0.0463 e. The molecule has 1 saturated heterocycles. The molecule has 0 radical (unpaired) electrons. The molecule has 0 aromatic carbocycles. The van der Waals surface area contributed by atoms with Gasteiger partial charge in [0.05, 0.1) is 0 Å². The van der Waals surface area contributed by atoms with Crippen LogP contribution in [0.3, 0.4) is 0 Å². The quantitative estimate of drug-likeness (QED) is 0.567. The second-order valence-electron chi connectivity index (χ2n) is 4.40. The Balaban J connectivity index is 1.74. The zero-order chi connectivity index (χ0) is 6.82. The third kappa shape index (κ3) is 0.474. The molecular weight excluding hydrogens is 146 g/mol. The monoisotopic (exact) mass is 157 g/mol. The predicted octanol–water partition coefficient (Wildman–Crippen LogP) is 1.37. The van der Waals surface area contributed by atoms with E-state index in [9.17, 15) is 0 Å². The standard InChI is InChI=1S/C8H12ClN/c9-8-3-7(4-8,5-8)6-1-10-2-6/h6,10H,1-5H2. The lowest BCUT2D eigenvalue weighted by atomic mass is 9.39. The number of rotatable bonds is 1. The van der Waals surface area contributed by atoms with E-state index in [1.165, 1.54) is 32.4 Å². The number of hydrogen-bond donors (Lipinski definition) is 1. The minimum atomic E-state index is 0.287. The molecule has 4 fully saturated rings. The van der Waals surface area contributed by atoms with Crippen LogP contribution in [0.1, 0.15) is 19.3 Å². The van der Waals surface area contributed by atoms with E-state index >= 15 is 0 Å². The highest BCUT2D eigenvalue weighted by molar-refractivity contribution is 6.26. The summed E-state index contributed by atoms with van der Waals surface area (Å²) in [5, 5.41) is 3.33. The van der Waals surface area contributed by atoms with Gasteiger partial charge in [-0.2, -0.15) is 0 Å². The molecule has 0 aromatic heterocycles. The molecule has 0 atom stereocenters. The van der Waals surface area contributed by atoms with Crippen LogP contribution >= 0.6 is 11.6 Å². The van der Waals surface area contributed by atoms with Gasteiger partial charge in [-0.1, -0.05) is 0 Å². The average Bonchev–Trinajstić information content (AvgIpc) is 1.53. The van der Waals surface area contributed by atoms with E-state index in [1.807, 2.05) is 0 Å². The Morgan fingerprint density at radius 1 is 1.20 bits per heavy atom. The van der Waals surface area contributed by atoms with Crippen LogP contribution in [0.2, 0.25) is 0 Å². The Kier molecular flexibility index (Phi) is 0.815. The first kappa shape index (κ1) is 5.84. The molecule has 1 heterocycles. The van der Waals surface area contributed by atoms with Gasteiger partial charge in [-0.05, 0) is 43.7 Å². The van der Waals surface area contributed by atoms with Crippen molar-refractivity contribution in [2.75, 3.05) is 13.1 Å². The van der Waals surface area contributed by atoms with Gasteiger partial charge in [0.2, 0.25) is 0 Å². The molecule has 1 nitrogen and oxygen atoms in total. The molecule has 1 N–H and O–H groups in total. The van der Waals surface area contributed by atoms with E-state index in [2.05, 4.69) is 5.32 Å². The lowest BCUT2D eigenvalue weighted by molar-refractivity contribution is -0.142. The van der Waals surface area contributed by atoms with Crippen LogP contribution in [-0.2, 0) is 0 Å². The minimum absolute atomic E-state index is 0.287. The van der Waals surface area contributed by atoms with E-state index in [0.717, 1.165) is 11.3 Å². The Bertz CT molecular complexity index is 166. The zero-order valence-corrected chi connectivity index (χ0v) is 6.75. The molecule has 2 bridgehead atoms. The summed E-state index contributed by atoms with van der Waals surface area (Å²) in [6.07, 6.45) is 3.94. The summed E-state index contributed by atoms with van der Waals surface area (Å²) in [5.74, 6) is 0.980. The number of hydrogen-bond acceptors (Lipinski definition) is 1. The van der Waals surface area contributed by atoms with Gasteiger partial charge >= 0.3 is 0 Å². The van der Waals surface area contributed by atoms with E-state index in [0.29, 0.717) is 0 Å². The fraction of sp³-hybridized carbons (Fsp3) is 1.00. The largest absolute Gasteiger partial charge is 0.316 e. The Hall–Kier alpha value is 0.250. The molecule has 56 valence electrons.